The topological polar surface area (TPSA) is 124 Å². The maximum Gasteiger partial charge on any atom is 0.272 e. The van der Waals surface area contributed by atoms with Crippen molar-refractivity contribution in [3.63, 3.8) is 0 Å². The molecule has 0 aliphatic carbocycles. The molecule has 0 saturated carbocycles. The molecule has 9 nitrogen and oxygen atoms in total. The SMILES string of the molecule is CN1[C@@H]2CCC[C@H]1C[C@@H](NC(=O)c1nn(C)c3ccccc13)C2.Cl.N=C(N)N/N=C/c1c(Cl)cccc1Cl. The van der Waals surface area contributed by atoms with Gasteiger partial charge in [0.15, 0.2) is 5.69 Å². The van der Waals surface area contributed by atoms with Crippen LogP contribution in [0.1, 0.15) is 48.2 Å². The number of nitrogens with zero attached hydrogens (tertiary/aromatic N) is 4. The number of carbonyl (C=O) groups excluding carboxylic acids is 1. The van der Waals surface area contributed by atoms with Gasteiger partial charge in [-0.3, -0.25) is 14.9 Å². The number of hydrogen-bond acceptors (Lipinski definition) is 5. The van der Waals surface area contributed by atoms with E-state index in [1.807, 2.05) is 31.3 Å². The third kappa shape index (κ3) is 6.96. The molecule has 3 atom stereocenters. The zero-order valence-corrected chi connectivity index (χ0v) is 23.7. The lowest BCUT2D eigenvalue weighted by molar-refractivity contribution is 0.0462. The van der Waals surface area contributed by atoms with Crippen LogP contribution < -0.4 is 16.5 Å². The van der Waals surface area contributed by atoms with Crippen molar-refractivity contribution in [3.05, 3.63) is 63.8 Å². The van der Waals surface area contributed by atoms with Gasteiger partial charge in [-0.05, 0) is 50.9 Å². The Hall–Kier alpha value is -2.85. The molecular formula is C26H33Cl3N8O. The molecule has 2 saturated heterocycles. The monoisotopic (exact) mass is 578 g/mol. The first kappa shape index (κ1) is 29.7. The van der Waals surface area contributed by atoms with Crippen LogP contribution in [0.3, 0.4) is 0 Å². The van der Waals surface area contributed by atoms with E-state index in [-0.39, 0.29) is 30.3 Å². The van der Waals surface area contributed by atoms with E-state index in [9.17, 15) is 4.79 Å². The Morgan fingerprint density at radius 3 is 2.37 bits per heavy atom. The van der Waals surface area contributed by atoms with Crippen LogP contribution in [0.25, 0.3) is 10.9 Å². The number of hydrazone groups is 1. The maximum absolute atomic E-state index is 12.7. The molecule has 2 aromatic carbocycles. The molecule has 5 N–H and O–H groups in total. The highest BCUT2D eigenvalue weighted by Gasteiger charge is 2.36. The number of fused-ring (bicyclic) bond motifs is 3. The summed E-state index contributed by atoms with van der Waals surface area (Å²) in [6.45, 7) is 0. The molecule has 2 aliphatic heterocycles. The van der Waals surface area contributed by atoms with Crippen molar-refractivity contribution in [3.8, 4) is 0 Å². The van der Waals surface area contributed by atoms with Gasteiger partial charge >= 0.3 is 0 Å². The number of nitrogens with one attached hydrogen (secondary N) is 3. The molecule has 1 amide bonds. The number of piperidine rings is 2. The van der Waals surface area contributed by atoms with Crippen molar-refractivity contribution in [2.45, 2.75) is 50.2 Å². The average Bonchev–Trinajstić information content (AvgIpc) is 3.19. The molecular weight excluding hydrogens is 547 g/mol. The molecule has 38 heavy (non-hydrogen) atoms. The first-order chi connectivity index (χ1) is 17.7. The van der Waals surface area contributed by atoms with Crippen LogP contribution in [0.15, 0.2) is 47.6 Å². The number of guanidine groups is 1. The summed E-state index contributed by atoms with van der Waals surface area (Å²) >= 11 is 11.7. The summed E-state index contributed by atoms with van der Waals surface area (Å²) in [5, 5.41) is 20.1. The third-order valence-corrected chi connectivity index (χ3v) is 7.69. The van der Waals surface area contributed by atoms with Crippen LogP contribution in [-0.4, -0.2) is 57.9 Å². The number of aryl methyl sites for hydroxylation is 1. The molecule has 3 heterocycles. The van der Waals surface area contributed by atoms with E-state index in [0.29, 0.717) is 33.4 Å². The van der Waals surface area contributed by atoms with Crippen LogP contribution in [0.2, 0.25) is 10.0 Å². The second-order valence-corrected chi connectivity index (χ2v) is 10.3. The van der Waals surface area contributed by atoms with Gasteiger partial charge in [0.2, 0.25) is 5.96 Å². The fourth-order valence-corrected chi connectivity index (χ4v) is 5.66. The second kappa shape index (κ2) is 13.3. The molecule has 2 bridgehead atoms. The van der Waals surface area contributed by atoms with Crippen molar-refractivity contribution in [1.29, 1.82) is 5.41 Å². The van der Waals surface area contributed by atoms with E-state index in [0.717, 1.165) is 23.7 Å². The highest BCUT2D eigenvalue weighted by atomic mass is 35.5. The minimum absolute atomic E-state index is 0. The molecule has 0 radical (unpaired) electrons. The Bertz CT molecular complexity index is 1280. The zero-order valence-electron chi connectivity index (χ0n) is 21.3. The molecule has 204 valence electrons. The minimum Gasteiger partial charge on any atom is -0.369 e. The predicted molar refractivity (Wildman–Crippen MR) is 157 cm³/mol. The molecule has 1 aromatic heterocycles. The van der Waals surface area contributed by atoms with Gasteiger partial charge < -0.3 is 16.0 Å². The van der Waals surface area contributed by atoms with E-state index >= 15 is 0 Å². The number of amides is 1. The van der Waals surface area contributed by atoms with E-state index in [1.165, 1.54) is 25.5 Å². The normalized spacial score (nSPS) is 20.8. The largest absolute Gasteiger partial charge is 0.369 e. The Morgan fingerprint density at radius 1 is 1.11 bits per heavy atom. The summed E-state index contributed by atoms with van der Waals surface area (Å²) in [7, 11) is 4.12. The number of halogens is 3. The highest BCUT2D eigenvalue weighted by molar-refractivity contribution is 6.38. The standard InChI is InChI=1S/C18H24N4O.C8H8Cl2N4.ClH/c1-21-13-6-5-7-14(21)11-12(10-13)19-18(23)17-15-8-3-4-9-16(15)22(2)20-17;9-6-2-1-3-7(10)5(6)4-13-14-8(11)12;/h3-4,8-9,12-14H,5-7,10-11H2,1-2H3,(H,19,23);1-4H,(H4,11,12,14);1H/b;13-4+;/t12-,13+,14-;;. The lowest BCUT2D eigenvalue weighted by Crippen LogP contribution is -2.55. The summed E-state index contributed by atoms with van der Waals surface area (Å²) in [5.74, 6) is -0.279. The Morgan fingerprint density at radius 2 is 1.74 bits per heavy atom. The van der Waals surface area contributed by atoms with Crippen LogP contribution in [0.5, 0.6) is 0 Å². The van der Waals surface area contributed by atoms with Crippen molar-refractivity contribution in [2.75, 3.05) is 7.05 Å². The van der Waals surface area contributed by atoms with Gasteiger partial charge in [0.05, 0.1) is 21.8 Å². The van der Waals surface area contributed by atoms with Gasteiger partial charge in [0, 0.05) is 36.1 Å². The summed E-state index contributed by atoms with van der Waals surface area (Å²) in [6, 6.07) is 14.5. The summed E-state index contributed by atoms with van der Waals surface area (Å²) < 4.78 is 1.79. The molecule has 0 unspecified atom stereocenters. The highest BCUT2D eigenvalue weighted by Crippen LogP contribution is 2.33. The summed E-state index contributed by atoms with van der Waals surface area (Å²) in [5.41, 5.74) is 9.42. The molecule has 3 aromatic rings. The van der Waals surface area contributed by atoms with Crippen molar-refractivity contribution < 1.29 is 4.79 Å². The Labute approximate surface area is 238 Å². The van der Waals surface area contributed by atoms with Crippen LogP contribution >= 0.6 is 35.6 Å². The predicted octanol–water partition coefficient (Wildman–Crippen LogP) is 4.55. The number of para-hydroxylation sites is 1. The molecule has 0 spiro atoms. The second-order valence-electron chi connectivity index (χ2n) is 9.45. The smallest absolute Gasteiger partial charge is 0.272 e. The fraction of sp³-hybridized carbons (Fsp3) is 0.385. The van der Waals surface area contributed by atoms with Gasteiger partial charge in [0.1, 0.15) is 0 Å². The fourth-order valence-electron chi connectivity index (χ4n) is 5.17. The Kier molecular flexibility index (Phi) is 10.4. The van der Waals surface area contributed by atoms with Gasteiger partial charge in [-0.15, -0.1) is 12.4 Å². The van der Waals surface area contributed by atoms with Crippen LogP contribution in [-0.2, 0) is 7.05 Å². The first-order valence-electron chi connectivity index (χ1n) is 12.3. The molecule has 12 heteroatoms. The maximum atomic E-state index is 12.7. The lowest BCUT2D eigenvalue weighted by atomic mass is 9.82. The quantitative estimate of drug-likeness (QED) is 0.205. The van der Waals surface area contributed by atoms with Gasteiger partial charge in [-0.2, -0.15) is 10.2 Å². The third-order valence-electron chi connectivity index (χ3n) is 7.03. The number of benzene rings is 2. The van der Waals surface area contributed by atoms with Crippen LogP contribution in [0, 0.1) is 5.41 Å². The molecule has 2 aliphatic rings. The average molecular weight is 580 g/mol. The van der Waals surface area contributed by atoms with E-state index < -0.39 is 0 Å². The zero-order chi connectivity index (χ0) is 26.5. The number of carbonyl (C=O) groups is 1. The van der Waals surface area contributed by atoms with Gasteiger partial charge in [-0.25, -0.2) is 5.43 Å². The van der Waals surface area contributed by atoms with Crippen LogP contribution in [0.4, 0.5) is 0 Å². The van der Waals surface area contributed by atoms with Crippen molar-refractivity contribution in [2.24, 2.45) is 17.9 Å². The van der Waals surface area contributed by atoms with Gasteiger partial charge in [-0.1, -0.05) is 53.9 Å². The number of rotatable bonds is 4. The molecule has 5 rings (SSSR count). The lowest BCUT2D eigenvalue weighted by Gasteiger charge is -2.47. The number of nitrogens with two attached hydrogens (primary N) is 1. The van der Waals surface area contributed by atoms with Gasteiger partial charge in [0.25, 0.3) is 5.91 Å². The summed E-state index contributed by atoms with van der Waals surface area (Å²) in [4.78, 5) is 15.3. The number of hydrogen-bond donors (Lipinski definition) is 4. The van der Waals surface area contributed by atoms with E-state index in [2.05, 4.69) is 32.9 Å². The number of aromatic nitrogens is 2. The minimum atomic E-state index is -0.246. The van der Waals surface area contributed by atoms with Crippen molar-refractivity contribution >= 4 is 64.6 Å². The van der Waals surface area contributed by atoms with E-state index in [4.69, 9.17) is 34.3 Å². The summed E-state index contributed by atoms with van der Waals surface area (Å²) in [6.07, 6.45) is 7.36. The Balaban J connectivity index is 0.000000232. The van der Waals surface area contributed by atoms with Crippen molar-refractivity contribution in [1.82, 2.24) is 25.4 Å². The first-order valence-corrected chi connectivity index (χ1v) is 13.0. The molecule has 2 fully saturated rings. The van der Waals surface area contributed by atoms with E-state index in [1.54, 1.807) is 22.9 Å².